The number of rotatable bonds is 6. The Kier molecular flexibility index (Phi) is 6.07. The minimum atomic E-state index is -0.00169. The van der Waals surface area contributed by atoms with E-state index in [1.54, 1.807) is 19.4 Å². The van der Waals surface area contributed by atoms with Gasteiger partial charge in [0.15, 0.2) is 0 Å². The number of carbonyl (C=O) groups is 1. The molecule has 0 saturated heterocycles. The summed E-state index contributed by atoms with van der Waals surface area (Å²) in [4.78, 5) is 16.7. The number of carbonyl (C=O) groups excluding carboxylic acids is 1. The lowest BCUT2D eigenvalue weighted by Gasteiger charge is -2.25. The zero-order chi connectivity index (χ0) is 18.4. The Morgan fingerprint density at radius 1 is 1.27 bits per heavy atom. The van der Waals surface area contributed by atoms with Gasteiger partial charge in [0.2, 0.25) is 11.8 Å². The van der Waals surface area contributed by atoms with Gasteiger partial charge in [0, 0.05) is 36.3 Å². The van der Waals surface area contributed by atoms with Crippen molar-refractivity contribution < 1.29 is 14.3 Å². The molecular weight excluding hydrogens is 330 g/mol. The highest BCUT2D eigenvalue weighted by atomic mass is 16.5. The summed E-state index contributed by atoms with van der Waals surface area (Å²) in [5.74, 6) is 1.87. The smallest absolute Gasteiger partial charge is 0.224 e. The molecule has 3 N–H and O–H groups in total. The first-order valence-corrected chi connectivity index (χ1v) is 8.95. The van der Waals surface area contributed by atoms with Crippen molar-refractivity contribution in [1.29, 1.82) is 0 Å². The van der Waals surface area contributed by atoms with Crippen LogP contribution in [0, 0.1) is 5.92 Å². The third kappa shape index (κ3) is 4.73. The predicted molar refractivity (Wildman–Crippen MR) is 99.1 cm³/mol. The van der Waals surface area contributed by atoms with Crippen LogP contribution in [-0.2, 0) is 11.3 Å². The summed E-state index contributed by atoms with van der Waals surface area (Å²) in [7, 11) is 1.61. The molecule has 1 aliphatic rings. The second-order valence-electron chi connectivity index (χ2n) is 6.59. The highest BCUT2D eigenvalue weighted by Crippen LogP contribution is 2.27. The van der Waals surface area contributed by atoms with E-state index in [1.165, 1.54) is 0 Å². The molecule has 2 atom stereocenters. The van der Waals surface area contributed by atoms with E-state index in [4.69, 9.17) is 15.2 Å². The monoisotopic (exact) mass is 355 g/mol. The second kappa shape index (κ2) is 8.67. The van der Waals surface area contributed by atoms with E-state index in [1.807, 2.05) is 30.3 Å². The van der Waals surface area contributed by atoms with Crippen molar-refractivity contribution >= 4 is 5.91 Å². The van der Waals surface area contributed by atoms with Crippen molar-refractivity contribution in [1.82, 2.24) is 10.3 Å². The number of hydrogen-bond donors (Lipinski definition) is 2. The lowest BCUT2D eigenvalue weighted by Crippen LogP contribution is -2.37. The Bertz CT molecular complexity index is 751. The first-order valence-electron chi connectivity index (χ1n) is 8.95. The molecule has 1 heterocycles. The van der Waals surface area contributed by atoms with E-state index in [0.717, 1.165) is 31.2 Å². The van der Waals surface area contributed by atoms with Crippen LogP contribution in [0.2, 0.25) is 0 Å². The fourth-order valence-corrected chi connectivity index (χ4v) is 3.22. The van der Waals surface area contributed by atoms with Gasteiger partial charge in [0.1, 0.15) is 11.5 Å². The maximum Gasteiger partial charge on any atom is 0.224 e. The summed E-state index contributed by atoms with van der Waals surface area (Å²) in [5, 5.41) is 3.00. The van der Waals surface area contributed by atoms with Gasteiger partial charge in [0.25, 0.3) is 0 Å². The fraction of sp³-hybridized carbons (Fsp3) is 0.400. The third-order valence-corrected chi connectivity index (χ3v) is 4.64. The molecule has 1 fully saturated rings. The van der Waals surface area contributed by atoms with Crippen LogP contribution in [0.15, 0.2) is 42.6 Å². The lowest BCUT2D eigenvalue weighted by molar-refractivity contribution is -0.126. The molecule has 1 aromatic heterocycles. The Labute approximate surface area is 153 Å². The number of nitrogens with zero attached hydrogens (tertiary/aromatic N) is 1. The summed E-state index contributed by atoms with van der Waals surface area (Å²) >= 11 is 0. The minimum absolute atomic E-state index is 0.00169. The summed E-state index contributed by atoms with van der Waals surface area (Å²) < 4.78 is 11.1. The van der Waals surface area contributed by atoms with Crippen molar-refractivity contribution in [3.63, 3.8) is 0 Å². The van der Waals surface area contributed by atoms with E-state index in [0.29, 0.717) is 23.9 Å². The minimum Gasteiger partial charge on any atom is -0.497 e. The van der Waals surface area contributed by atoms with E-state index in [2.05, 4.69) is 10.3 Å². The van der Waals surface area contributed by atoms with Crippen LogP contribution in [0.3, 0.4) is 0 Å². The number of amides is 1. The van der Waals surface area contributed by atoms with Gasteiger partial charge >= 0.3 is 0 Å². The highest BCUT2D eigenvalue weighted by Gasteiger charge is 2.25. The molecular formula is C20H25N3O3. The van der Waals surface area contributed by atoms with Crippen molar-refractivity contribution in [3.8, 4) is 17.4 Å². The molecule has 6 heteroatoms. The van der Waals surface area contributed by atoms with Crippen LogP contribution >= 0.6 is 0 Å². The van der Waals surface area contributed by atoms with Crippen molar-refractivity contribution in [2.24, 2.45) is 11.7 Å². The molecule has 26 heavy (non-hydrogen) atoms. The van der Waals surface area contributed by atoms with Gasteiger partial charge < -0.3 is 20.5 Å². The molecule has 0 spiro atoms. The first kappa shape index (κ1) is 18.2. The molecule has 0 aliphatic heterocycles. The SMILES string of the molecule is COc1cccc(Oc2ncccc2CNC(=O)C2CCCC(N)C2)c1. The molecule has 2 unspecified atom stereocenters. The molecule has 138 valence electrons. The summed E-state index contributed by atoms with van der Waals surface area (Å²) in [5.41, 5.74) is 6.81. The Morgan fingerprint density at radius 3 is 2.92 bits per heavy atom. The molecule has 6 nitrogen and oxygen atoms in total. The summed E-state index contributed by atoms with van der Waals surface area (Å²) in [6.07, 6.45) is 5.34. The van der Waals surface area contributed by atoms with Crippen LogP contribution in [0.1, 0.15) is 31.2 Å². The number of ether oxygens (including phenoxy) is 2. The van der Waals surface area contributed by atoms with Crippen LogP contribution in [0.25, 0.3) is 0 Å². The Hall–Kier alpha value is -2.60. The van der Waals surface area contributed by atoms with E-state index in [9.17, 15) is 4.79 Å². The first-order chi connectivity index (χ1) is 12.7. The standard InChI is InChI=1S/C20H25N3O3/c1-25-17-8-3-9-18(12-17)26-20-15(6-4-10-22-20)13-23-19(24)14-5-2-7-16(21)11-14/h3-4,6,8-10,12,14,16H,2,5,7,11,13,21H2,1H3,(H,23,24). The zero-order valence-electron chi connectivity index (χ0n) is 15.0. The number of nitrogens with two attached hydrogens (primary N) is 1. The largest absolute Gasteiger partial charge is 0.497 e. The second-order valence-corrected chi connectivity index (χ2v) is 6.59. The normalized spacial score (nSPS) is 19.6. The number of benzene rings is 1. The van der Waals surface area contributed by atoms with Crippen LogP contribution < -0.4 is 20.5 Å². The maximum atomic E-state index is 12.4. The summed E-state index contributed by atoms with van der Waals surface area (Å²) in [6.45, 7) is 0.373. The van der Waals surface area contributed by atoms with Gasteiger partial charge in [0.05, 0.1) is 7.11 Å². The van der Waals surface area contributed by atoms with Crippen molar-refractivity contribution in [2.75, 3.05) is 7.11 Å². The van der Waals surface area contributed by atoms with Crippen LogP contribution in [-0.4, -0.2) is 24.0 Å². The van der Waals surface area contributed by atoms with Gasteiger partial charge in [-0.05, 0) is 37.5 Å². The van der Waals surface area contributed by atoms with Gasteiger partial charge in [-0.2, -0.15) is 0 Å². The molecule has 1 aromatic carbocycles. The quantitative estimate of drug-likeness (QED) is 0.832. The average Bonchev–Trinajstić information content (AvgIpc) is 2.67. The van der Waals surface area contributed by atoms with Gasteiger partial charge in [-0.1, -0.05) is 18.6 Å². The number of methoxy groups -OCH3 is 1. The van der Waals surface area contributed by atoms with Gasteiger partial charge in [-0.15, -0.1) is 0 Å². The molecule has 1 saturated carbocycles. The molecule has 1 amide bonds. The zero-order valence-corrected chi connectivity index (χ0v) is 15.0. The van der Waals surface area contributed by atoms with Crippen molar-refractivity contribution in [3.05, 3.63) is 48.2 Å². The van der Waals surface area contributed by atoms with Crippen molar-refractivity contribution in [2.45, 2.75) is 38.3 Å². The lowest BCUT2D eigenvalue weighted by atomic mass is 9.85. The van der Waals surface area contributed by atoms with E-state index < -0.39 is 0 Å². The topological polar surface area (TPSA) is 86.5 Å². The number of hydrogen-bond acceptors (Lipinski definition) is 5. The van der Waals surface area contributed by atoms with Gasteiger partial charge in [-0.3, -0.25) is 4.79 Å². The maximum absolute atomic E-state index is 12.4. The third-order valence-electron chi connectivity index (χ3n) is 4.64. The molecule has 0 bridgehead atoms. The molecule has 2 aromatic rings. The number of aromatic nitrogens is 1. The predicted octanol–water partition coefficient (Wildman–Crippen LogP) is 3.02. The number of nitrogens with one attached hydrogen (secondary N) is 1. The van der Waals surface area contributed by atoms with E-state index >= 15 is 0 Å². The average molecular weight is 355 g/mol. The van der Waals surface area contributed by atoms with Gasteiger partial charge in [-0.25, -0.2) is 4.98 Å². The van der Waals surface area contributed by atoms with Crippen LogP contribution in [0.4, 0.5) is 0 Å². The van der Waals surface area contributed by atoms with E-state index in [-0.39, 0.29) is 17.9 Å². The fourth-order valence-electron chi connectivity index (χ4n) is 3.22. The number of pyridine rings is 1. The van der Waals surface area contributed by atoms with Crippen LogP contribution in [0.5, 0.6) is 17.4 Å². The Balaban J connectivity index is 1.64. The highest BCUT2D eigenvalue weighted by molar-refractivity contribution is 5.78. The summed E-state index contributed by atoms with van der Waals surface area (Å²) in [6, 6.07) is 11.2. The molecule has 3 rings (SSSR count). The molecule has 0 radical (unpaired) electrons. The molecule has 1 aliphatic carbocycles. The Morgan fingerprint density at radius 2 is 2.12 bits per heavy atom.